The van der Waals surface area contributed by atoms with Crippen molar-refractivity contribution in [2.45, 2.75) is 0 Å². The van der Waals surface area contributed by atoms with E-state index in [1.165, 1.54) is 16.7 Å². The molecule has 0 spiro atoms. The van der Waals surface area contributed by atoms with E-state index >= 15 is 0 Å². The third-order valence-electron chi connectivity index (χ3n) is 4.70. The Balaban J connectivity index is 1.45. The molecular formula is C23H16N4O3S. The van der Waals surface area contributed by atoms with Gasteiger partial charge in [0.25, 0.3) is 5.91 Å². The summed E-state index contributed by atoms with van der Waals surface area (Å²) < 4.78 is 5.88. The number of amidine groups is 1. The molecule has 2 aliphatic rings. The molecule has 0 aromatic heterocycles. The Bertz CT molecular complexity index is 1240. The summed E-state index contributed by atoms with van der Waals surface area (Å²) in [5.74, 6) is 1.12. The van der Waals surface area contributed by atoms with E-state index in [1.54, 1.807) is 18.2 Å². The highest BCUT2D eigenvalue weighted by atomic mass is 32.2. The van der Waals surface area contributed by atoms with Crippen LogP contribution in [0.2, 0.25) is 0 Å². The number of rotatable bonds is 4. The fourth-order valence-corrected chi connectivity index (χ4v) is 4.11. The van der Waals surface area contributed by atoms with Crippen molar-refractivity contribution in [3.63, 3.8) is 0 Å². The summed E-state index contributed by atoms with van der Waals surface area (Å²) in [6.45, 7) is 0. The summed E-state index contributed by atoms with van der Waals surface area (Å²) in [6, 6.07) is 23.9. The number of ether oxygens (including phenoxy) is 1. The molecule has 5 rings (SSSR count). The predicted molar refractivity (Wildman–Crippen MR) is 122 cm³/mol. The maximum absolute atomic E-state index is 12.6. The number of nitrogens with one attached hydrogen (secondary N) is 1. The largest absolute Gasteiger partial charge is 0.457 e. The number of fused-ring (bicyclic) bond motifs is 1. The van der Waals surface area contributed by atoms with E-state index in [1.807, 2.05) is 60.7 Å². The topological polar surface area (TPSA) is 83.4 Å². The second-order valence-electron chi connectivity index (χ2n) is 6.76. The van der Waals surface area contributed by atoms with E-state index in [0.29, 0.717) is 33.6 Å². The molecule has 0 unspecified atom stereocenters. The maximum Gasteiger partial charge on any atom is 0.276 e. The molecule has 1 N–H and O–H groups in total. The lowest BCUT2D eigenvalue weighted by Crippen LogP contribution is -2.29. The van der Waals surface area contributed by atoms with Gasteiger partial charge in [0.15, 0.2) is 10.9 Å². The molecule has 2 amide bonds. The van der Waals surface area contributed by atoms with Gasteiger partial charge in [-0.25, -0.2) is 0 Å². The number of thioether (sulfide) groups is 1. The zero-order valence-electron chi connectivity index (χ0n) is 16.2. The lowest BCUT2D eigenvalue weighted by molar-refractivity contribution is -0.115. The lowest BCUT2D eigenvalue weighted by Gasteiger charge is -2.16. The molecule has 8 heteroatoms. The van der Waals surface area contributed by atoms with Crippen LogP contribution in [-0.4, -0.2) is 28.4 Å². The van der Waals surface area contributed by atoms with Crippen molar-refractivity contribution < 1.29 is 14.3 Å². The first kappa shape index (κ1) is 19.1. The van der Waals surface area contributed by atoms with Gasteiger partial charge in [-0.15, -0.1) is 10.2 Å². The quantitative estimate of drug-likeness (QED) is 0.629. The smallest absolute Gasteiger partial charge is 0.276 e. The molecule has 1 fully saturated rings. The third kappa shape index (κ3) is 3.80. The van der Waals surface area contributed by atoms with Crippen LogP contribution in [0.15, 0.2) is 89.1 Å². The highest BCUT2D eigenvalue weighted by Gasteiger charge is 2.31. The first-order chi connectivity index (χ1) is 15.2. The van der Waals surface area contributed by atoms with Crippen molar-refractivity contribution in [1.82, 2.24) is 0 Å². The third-order valence-corrected chi connectivity index (χ3v) is 5.61. The SMILES string of the molecule is O=C1Nc2ccccc2/C1=N/N=C1\SCC(=O)N1c1cccc(Oc2ccccc2)c1. The van der Waals surface area contributed by atoms with Gasteiger partial charge in [0, 0.05) is 11.6 Å². The van der Waals surface area contributed by atoms with Crippen LogP contribution in [0.4, 0.5) is 11.4 Å². The summed E-state index contributed by atoms with van der Waals surface area (Å²) in [4.78, 5) is 26.3. The van der Waals surface area contributed by atoms with Crippen molar-refractivity contribution in [2.75, 3.05) is 16.0 Å². The van der Waals surface area contributed by atoms with Gasteiger partial charge in [0.1, 0.15) is 11.5 Å². The molecule has 3 aromatic rings. The van der Waals surface area contributed by atoms with Gasteiger partial charge in [0.05, 0.1) is 17.1 Å². The van der Waals surface area contributed by atoms with Gasteiger partial charge in [-0.2, -0.15) is 0 Å². The van der Waals surface area contributed by atoms with E-state index < -0.39 is 0 Å². The Morgan fingerprint density at radius 2 is 1.65 bits per heavy atom. The van der Waals surface area contributed by atoms with Crippen molar-refractivity contribution in [2.24, 2.45) is 10.2 Å². The van der Waals surface area contributed by atoms with Crippen LogP contribution in [0.1, 0.15) is 5.56 Å². The minimum absolute atomic E-state index is 0.114. The van der Waals surface area contributed by atoms with Crippen LogP contribution in [0.3, 0.4) is 0 Å². The normalized spacial score (nSPS) is 17.9. The van der Waals surface area contributed by atoms with Gasteiger partial charge in [0.2, 0.25) is 5.91 Å². The number of amides is 2. The van der Waals surface area contributed by atoms with Crippen molar-refractivity contribution in [1.29, 1.82) is 0 Å². The summed E-state index contributed by atoms with van der Waals surface area (Å²) in [7, 11) is 0. The molecule has 0 aliphatic carbocycles. The number of carbonyl (C=O) groups excluding carboxylic acids is 2. The molecule has 0 atom stereocenters. The molecule has 3 aromatic carbocycles. The molecule has 0 bridgehead atoms. The minimum atomic E-state index is -0.315. The summed E-state index contributed by atoms with van der Waals surface area (Å²) in [6.07, 6.45) is 0. The molecule has 0 saturated carbocycles. The fraction of sp³-hybridized carbons (Fsp3) is 0.0435. The number of hydrogen-bond donors (Lipinski definition) is 1. The van der Waals surface area contributed by atoms with Crippen LogP contribution in [0.25, 0.3) is 0 Å². The Labute approximate surface area is 182 Å². The second kappa shape index (κ2) is 8.08. The Morgan fingerprint density at radius 1 is 0.871 bits per heavy atom. The minimum Gasteiger partial charge on any atom is -0.457 e. The summed E-state index contributed by atoms with van der Waals surface area (Å²) in [5, 5.41) is 11.6. The molecule has 2 heterocycles. The first-order valence-electron chi connectivity index (χ1n) is 9.54. The molecule has 31 heavy (non-hydrogen) atoms. The summed E-state index contributed by atoms with van der Waals surface area (Å²) in [5.41, 5.74) is 2.24. The first-order valence-corrected chi connectivity index (χ1v) is 10.5. The Hall–Kier alpha value is -3.91. The number of anilines is 2. The van der Waals surface area contributed by atoms with E-state index in [2.05, 4.69) is 15.5 Å². The molecule has 1 saturated heterocycles. The van der Waals surface area contributed by atoms with Gasteiger partial charge >= 0.3 is 0 Å². The fourth-order valence-electron chi connectivity index (χ4n) is 3.30. The van der Waals surface area contributed by atoms with Crippen LogP contribution in [-0.2, 0) is 9.59 Å². The Kier molecular flexibility index (Phi) is 4.97. The molecule has 7 nitrogen and oxygen atoms in total. The zero-order chi connectivity index (χ0) is 21.2. The maximum atomic E-state index is 12.6. The van der Waals surface area contributed by atoms with Gasteiger partial charge < -0.3 is 10.1 Å². The predicted octanol–water partition coefficient (Wildman–Crippen LogP) is 4.27. The van der Waals surface area contributed by atoms with Crippen LogP contribution in [0, 0.1) is 0 Å². The number of nitrogens with zero attached hydrogens (tertiary/aromatic N) is 3. The van der Waals surface area contributed by atoms with Gasteiger partial charge in [-0.3, -0.25) is 14.5 Å². The molecule has 0 radical (unpaired) electrons. The van der Waals surface area contributed by atoms with Crippen molar-refractivity contribution in [3.05, 3.63) is 84.4 Å². The van der Waals surface area contributed by atoms with Crippen molar-refractivity contribution >= 4 is 45.8 Å². The highest BCUT2D eigenvalue weighted by Crippen LogP contribution is 2.31. The summed E-state index contributed by atoms with van der Waals surface area (Å²) >= 11 is 1.28. The monoisotopic (exact) mass is 428 g/mol. The second-order valence-corrected chi connectivity index (χ2v) is 7.70. The number of carbonyl (C=O) groups is 2. The van der Waals surface area contributed by atoms with Crippen LogP contribution in [0.5, 0.6) is 11.5 Å². The van der Waals surface area contributed by atoms with E-state index in [9.17, 15) is 9.59 Å². The number of benzene rings is 3. The van der Waals surface area contributed by atoms with Crippen LogP contribution >= 0.6 is 11.8 Å². The average Bonchev–Trinajstić information content (AvgIpc) is 3.31. The average molecular weight is 428 g/mol. The standard InChI is InChI=1S/C23H16N4O3S/c28-20-14-31-23(26-25-21-18-11-4-5-12-19(18)24-22(21)29)27(20)15-7-6-10-17(13-15)30-16-8-2-1-3-9-16/h1-13H,14H2,(H,24,25,29)/b26-23-. The van der Waals surface area contributed by atoms with Crippen molar-refractivity contribution in [3.8, 4) is 11.5 Å². The number of hydrogen-bond acceptors (Lipinski definition) is 6. The lowest BCUT2D eigenvalue weighted by atomic mass is 10.1. The van der Waals surface area contributed by atoms with E-state index in [0.717, 1.165) is 0 Å². The Morgan fingerprint density at radius 3 is 2.52 bits per heavy atom. The van der Waals surface area contributed by atoms with E-state index in [-0.39, 0.29) is 23.3 Å². The van der Waals surface area contributed by atoms with Gasteiger partial charge in [-0.1, -0.05) is 54.2 Å². The molecular weight excluding hydrogens is 412 g/mol. The highest BCUT2D eigenvalue weighted by molar-refractivity contribution is 8.15. The van der Waals surface area contributed by atoms with E-state index in [4.69, 9.17) is 4.74 Å². The number of para-hydroxylation sites is 2. The van der Waals surface area contributed by atoms with Gasteiger partial charge in [-0.05, 0) is 30.3 Å². The zero-order valence-corrected chi connectivity index (χ0v) is 17.0. The molecule has 2 aliphatic heterocycles. The molecule has 152 valence electrons. The van der Waals surface area contributed by atoms with Crippen LogP contribution < -0.4 is 15.0 Å².